The molecule has 20 heavy (non-hydrogen) atoms. The number of likely N-dealkylation sites (tertiary alicyclic amines) is 1. The van der Waals surface area contributed by atoms with E-state index in [2.05, 4.69) is 34.8 Å². The van der Waals surface area contributed by atoms with Crippen LogP contribution in [0, 0.1) is 0 Å². The van der Waals surface area contributed by atoms with Gasteiger partial charge in [0, 0.05) is 31.0 Å². The van der Waals surface area contributed by atoms with Crippen molar-refractivity contribution in [3.05, 3.63) is 30.1 Å². The van der Waals surface area contributed by atoms with Crippen molar-refractivity contribution >= 4 is 0 Å². The number of rotatable bonds is 6. The third-order valence-electron chi connectivity index (χ3n) is 4.66. The Bertz CT molecular complexity index is 385. The summed E-state index contributed by atoms with van der Waals surface area (Å²) in [6.07, 6.45) is 7.35. The summed E-state index contributed by atoms with van der Waals surface area (Å²) < 4.78 is 0. The van der Waals surface area contributed by atoms with E-state index < -0.39 is 0 Å². The lowest BCUT2D eigenvalue weighted by atomic mass is 9.85. The molecule has 1 aromatic rings. The molecule has 0 amide bonds. The first kappa shape index (κ1) is 15.4. The molecule has 1 aliphatic heterocycles. The second-order valence-corrected chi connectivity index (χ2v) is 5.99. The molecule has 112 valence electrons. The molecule has 1 aromatic heterocycles. The molecule has 2 heterocycles. The lowest BCUT2D eigenvalue weighted by Gasteiger charge is -2.47. The van der Waals surface area contributed by atoms with Crippen LogP contribution in [0.3, 0.4) is 0 Å². The molecule has 1 fully saturated rings. The Morgan fingerprint density at radius 1 is 1.40 bits per heavy atom. The topological polar surface area (TPSA) is 45.4 Å². The predicted octanol–water partition coefficient (Wildman–Crippen LogP) is 1.72. The summed E-state index contributed by atoms with van der Waals surface area (Å²) in [4.78, 5) is 9.20. The predicted molar refractivity (Wildman–Crippen MR) is 83.5 cm³/mol. The minimum absolute atomic E-state index is 0.153. The van der Waals surface area contributed by atoms with E-state index in [0.717, 1.165) is 13.1 Å². The van der Waals surface area contributed by atoms with Crippen molar-refractivity contribution < 1.29 is 0 Å². The van der Waals surface area contributed by atoms with Gasteiger partial charge in [0.1, 0.15) is 0 Å². The summed E-state index contributed by atoms with van der Waals surface area (Å²) in [6, 6.07) is 4.14. The average Bonchev–Trinajstić information content (AvgIpc) is 2.49. The van der Waals surface area contributed by atoms with Gasteiger partial charge in [0.15, 0.2) is 0 Å². The zero-order valence-corrected chi connectivity index (χ0v) is 12.9. The smallest absolute Gasteiger partial charge is 0.0356 e. The first-order chi connectivity index (χ1) is 9.70. The summed E-state index contributed by atoms with van der Waals surface area (Å²) in [5.41, 5.74) is 7.55. The van der Waals surface area contributed by atoms with E-state index in [1.807, 2.05) is 18.5 Å². The van der Waals surface area contributed by atoms with Crippen molar-refractivity contribution in [1.82, 2.24) is 14.8 Å². The van der Waals surface area contributed by atoms with Crippen molar-refractivity contribution in [3.8, 4) is 0 Å². The first-order valence-corrected chi connectivity index (χ1v) is 7.73. The Labute approximate surface area is 123 Å². The summed E-state index contributed by atoms with van der Waals surface area (Å²) in [7, 11) is 2.20. The monoisotopic (exact) mass is 276 g/mol. The Kier molecular flexibility index (Phi) is 5.52. The van der Waals surface area contributed by atoms with Gasteiger partial charge < -0.3 is 10.6 Å². The van der Waals surface area contributed by atoms with Gasteiger partial charge in [-0.2, -0.15) is 0 Å². The number of hydrogen-bond acceptors (Lipinski definition) is 4. The Morgan fingerprint density at radius 3 is 2.70 bits per heavy atom. The molecular weight excluding hydrogens is 248 g/mol. The largest absolute Gasteiger partial charge is 0.329 e. The molecular formula is C16H28N4. The molecule has 0 aromatic carbocycles. The highest BCUT2D eigenvalue weighted by atomic mass is 15.2. The van der Waals surface area contributed by atoms with E-state index in [-0.39, 0.29) is 5.54 Å². The van der Waals surface area contributed by atoms with Crippen LogP contribution >= 0.6 is 0 Å². The number of piperidine rings is 1. The molecule has 1 saturated heterocycles. The van der Waals surface area contributed by atoms with E-state index in [1.54, 1.807) is 0 Å². The summed E-state index contributed by atoms with van der Waals surface area (Å²) in [5, 5.41) is 0. The maximum absolute atomic E-state index is 6.14. The fraction of sp³-hybridized carbons (Fsp3) is 0.688. The molecule has 0 bridgehead atoms. The van der Waals surface area contributed by atoms with Gasteiger partial charge in [-0.1, -0.05) is 13.0 Å². The maximum atomic E-state index is 6.14. The lowest BCUT2D eigenvalue weighted by molar-refractivity contribution is 0.0400. The van der Waals surface area contributed by atoms with Crippen LogP contribution in [0.2, 0.25) is 0 Å². The molecule has 4 heteroatoms. The lowest BCUT2D eigenvalue weighted by Crippen LogP contribution is -2.57. The van der Waals surface area contributed by atoms with Crippen LogP contribution in [0.1, 0.15) is 31.7 Å². The fourth-order valence-electron chi connectivity index (χ4n) is 3.18. The molecule has 0 radical (unpaired) electrons. The SMILES string of the molecule is CCCN1CCC(CN)(N(C)Cc2cccnc2)CC1. The van der Waals surface area contributed by atoms with Gasteiger partial charge in [-0.3, -0.25) is 9.88 Å². The van der Waals surface area contributed by atoms with E-state index in [4.69, 9.17) is 5.73 Å². The molecule has 0 aliphatic carbocycles. The van der Waals surface area contributed by atoms with Crippen LogP contribution in [0.4, 0.5) is 0 Å². The van der Waals surface area contributed by atoms with Crippen LogP contribution in [0.15, 0.2) is 24.5 Å². The number of nitrogens with two attached hydrogens (primary N) is 1. The summed E-state index contributed by atoms with van der Waals surface area (Å²) in [5.74, 6) is 0. The van der Waals surface area contributed by atoms with Crippen molar-refractivity contribution in [1.29, 1.82) is 0 Å². The number of hydrogen-bond donors (Lipinski definition) is 1. The molecule has 0 atom stereocenters. The highest BCUT2D eigenvalue weighted by Crippen LogP contribution is 2.28. The number of nitrogens with zero attached hydrogens (tertiary/aromatic N) is 3. The minimum atomic E-state index is 0.153. The highest BCUT2D eigenvalue weighted by Gasteiger charge is 2.36. The van der Waals surface area contributed by atoms with Crippen LogP contribution in [-0.4, -0.2) is 53.5 Å². The van der Waals surface area contributed by atoms with Gasteiger partial charge in [-0.05, 0) is 57.6 Å². The zero-order valence-electron chi connectivity index (χ0n) is 12.9. The minimum Gasteiger partial charge on any atom is -0.329 e. The molecule has 0 unspecified atom stereocenters. The number of pyridine rings is 1. The second-order valence-electron chi connectivity index (χ2n) is 5.99. The van der Waals surface area contributed by atoms with Crippen LogP contribution in [0.5, 0.6) is 0 Å². The Morgan fingerprint density at radius 2 is 2.15 bits per heavy atom. The fourth-order valence-corrected chi connectivity index (χ4v) is 3.18. The second kappa shape index (κ2) is 7.16. The number of aromatic nitrogens is 1. The van der Waals surface area contributed by atoms with E-state index >= 15 is 0 Å². The van der Waals surface area contributed by atoms with E-state index in [0.29, 0.717) is 0 Å². The van der Waals surface area contributed by atoms with Gasteiger partial charge in [-0.25, -0.2) is 0 Å². The van der Waals surface area contributed by atoms with Crippen molar-refractivity contribution in [2.75, 3.05) is 33.2 Å². The van der Waals surface area contributed by atoms with Crippen LogP contribution in [0.25, 0.3) is 0 Å². The third-order valence-corrected chi connectivity index (χ3v) is 4.66. The molecule has 0 saturated carbocycles. The maximum Gasteiger partial charge on any atom is 0.0356 e. The Balaban J connectivity index is 1.97. The van der Waals surface area contributed by atoms with Crippen molar-refractivity contribution in [2.45, 2.75) is 38.3 Å². The van der Waals surface area contributed by atoms with Gasteiger partial charge in [-0.15, -0.1) is 0 Å². The quantitative estimate of drug-likeness (QED) is 0.859. The molecule has 2 rings (SSSR count). The normalized spacial score (nSPS) is 19.4. The first-order valence-electron chi connectivity index (χ1n) is 7.73. The molecule has 0 spiro atoms. The van der Waals surface area contributed by atoms with Gasteiger partial charge in [0.05, 0.1) is 0 Å². The molecule has 2 N–H and O–H groups in total. The molecule has 1 aliphatic rings. The van der Waals surface area contributed by atoms with Gasteiger partial charge >= 0.3 is 0 Å². The van der Waals surface area contributed by atoms with Crippen molar-refractivity contribution in [3.63, 3.8) is 0 Å². The molecule has 4 nitrogen and oxygen atoms in total. The van der Waals surface area contributed by atoms with Crippen LogP contribution in [-0.2, 0) is 6.54 Å². The van der Waals surface area contributed by atoms with Crippen molar-refractivity contribution in [2.24, 2.45) is 5.73 Å². The van der Waals surface area contributed by atoms with Gasteiger partial charge in [0.25, 0.3) is 0 Å². The highest BCUT2D eigenvalue weighted by molar-refractivity contribution is 5.09. The van der Waals surface area contributed by atoms with Gasteiger partial charge in [0.2, 0.25) is 0 Å². The third kappa shape index (κ3) is 3.57. The van der Waals surface area contributed by atoms with E-state index in [1.165, 1.54) is 44.5 Å². The number of likely N-dealkylation sites (N-methyl/N-ethyl adjacent to an activating group) is 1. The average molecular weight is 276 g/mol. The summed E-state index contributed by atoms with van der Waals surface area (Å²) >= 11 is 0. The Hall–Kier alpha value is -0.970. The summed E-state index contributed by atoms with van der Waals surface area (Å²) in [6.45, 7) is 7.47. The van der Waals surface area contributed by atoms with Crippen LogP contribution < -0.4 is 5.73 Å². The van der Waals surface area contributed by atoms with E-state index in [9.17, 15) is 0 Å². The zero-order chi connectivity index (χ0) is 14.4. The standard InChI is InChI=1S/C16H28N4/c1-3-9-20-10-6-16(14-17,7-11-20)19(2)13-15-5-4-8-18-12-15/h4-5,8,12H,3,6-7,9-11,13-14,17H2,1-2H3.